The molecule has 84 valence electrons. The van der Waals surface area contributed by atoms with Gasteiger partial charge < -0.3 is 4.98 Å². The number of carbonyl (C=O) groups excluding carboxylic acids is 1. The molecule has 0 saturated heterocycles. The Labute approximate surface area is 97.5 Å². The topological polar surface area (TPSA) is 81.6 Å². The van der Waals surface area contributed by atoms with Crippen LogP contribution in [0, 0.1) is 17.2 Å². The van der Waals surface area contributed by atoms with Gasteiger partial charge in [0.05, 0.1) is 22.7 Å². The van der Waals surface area contributed by atoms with E-state index in [0.717, 1.165) is 23.9 Å². The quantitative estimate of drug-likeness (QED) is 0.818. The van der Waals surface area contributed by atoms with E-state index in [9.17, 15) is 4.79 Å². The van der Waals surface area contributed by atoms with Crippen molar-refractivity contribution in [3.63, 3.8) is 0 Å². The van der Waals surface area contributed by atoms with Gasteiger partial charge in [-0.15, -0.1) is 0 Å². The molecule has 0 bridgehead atoms. The highest BCUT2D eigenvalue weighted by Crippen LogP contribution is 2.30. The highest BCUT2D eigenvalue weighted by Gasteiger charge is 2.30. The maximum absolute atomic E-state index is 11.6. The Bertz CT molecular complexity index is 633. The maximum atomic E-state index is 11.6. The number of anilines is 1. The fraction of sp³-hybridized carbons (Fsp3) is 0.250. The van der Waals surface area contributed by atoms with Crippen LogP contribution in [0.25, 0.3) is 11.0 Å². The van der Waals surface area contributed by atoms with Crippen molar-refractivity contribution in [1.29, 1.82) is 5.26 Å². The molecule has 17 heavy (non-hydrogen) atoms. The molecule has 0 aliphatic heterocycles. The Morgan fingerprint density at radius 3 is 3.06 bits per heavy atom. The zero-order chi connectivity index (χ0) is 11.8. The van der Waals surface area contributed by atoms with Gasteiger partial charge in [-0.05, 0) is 31.0 Å². The van der Waals surface area contributed by atoms with Crippen LogP contribution in [0.5, 0.6) is 0 Å². The van der Waals surface area contributed by atoms with E-state index >= 15 is 0 Å². The second-order valence-electron chi connectivity index (χ2n) is 4.19. The summed E-state index contributed by atoms with van der Waals surface area (Å²) >= 11 is 0. The molecule has 1 aliphatic rings. The SMILES string of the molecule is N#Cc1ccc2nc(NC(=O)C3CC3)[nH]c2c1. The van der Waals surface area contributed by atoms with E-state index in [2.05, 4.69) is 21.4 Å². The number of amides is 1. The molecule has 0 unspecified atom stereocenters. The van der Waals surface area contributed by atoms with Gasteiger partial charge in [0, 0.05) is 5.92 Å². The van der Waals surface area contributed by atoms with Crippen LogP contribution >= 0.6 is 0 Å². The Hall–Kier alpha value is -2.35. The predicted octanol–water partition coefficient (Wildman–Crippen LogP) is 1.78. The van der Waals surface area contributed by atoms with Crippen LogP contribution < -0.4 is 5.32 Å². The second kappa shape index (κ2) is 3.59. The van der Waals surface area contributed by atoms with Gasteiger partial charge in [-0.25, -0.2) is 4.98 Å². The standard InChI is InChI=1S/C12H10N4O/c13-6-7-1-4-9-10(5-7)15-12(14-9)16-11(17)8-2-3-8/h1,4-5,8H,2-3H2,(H2,14,15,16,17). The summed E-state index contributed by atoms with van der Waals surface area (Å²) in [6, 6.07) is 7.24. The Kier molecular flexibility index (Phi) is 2.08. The van der Waals surface area contributed by atoms with Gasteiger partial charge in [-0.3, -0.25) is 10.1 Å². The van der Waals surface area contributed by atoms with Crippen LogP contribution in [0.1, 0.15) is 18.4 Å². The number of carbonyl (C=O) groups is 1. The molecular weight excluding hydrogens is 216 g/mol. The minimum atomic E-state index is 0.0181. The molecule has 1 aromatic heterocycles. The van der Waals surface area contributed by atoms with Crippen molar-refractivity contribution in [3.05, 3.63) is 23.8 Å². The molecule has 1 saturated carbocycles. The van der Waals surface area contributed by atoms with Gasteiger partial charge in [-0.2, -0.15) is 5.26 Å². The molecule has 5 nitrogen and oxygen atoms in total. The number of nitrogens with zero attached hydrogens (tertiary/aromatic N) is 2. The number of H-pyrrole nitrogens is 1. The minimum Gasteiger partial charge on any atom is -0.324 e. The summed E-state index contributed by atoms with van der Waals surface area (Å²) in [4.78, 5) is 18.8. The third-order valence-electron chi connectivity index (χ3n) is 2.80. The molecule has 3 rings (SSSR count). The van der Waals surface area contributed by atoms with Gasteiger partial charge in [0.15, 0.2) is 0 Å². The lowest BCUT2D eigenvalue weighted by atomic mass is 10.2. The van der Waals surface area contributed by atoms with Crippen molar-refractivity contribution < 1.29 is 4.79 Å². The summed E-state index contributed by atoms with van der Waals surface area (Å²) in [6.45, 7) is 0. The molecular formula is C12H10N4O. The summed E-state index contributed by atoms with van der Waals surface area (Å²) in [5.74, 6) is 0.620. The van der Waals surface area contributed by atoms with E-state index in [-0.39, 0.29) is 11.8 Å². The van der Waals surface area contributed by atoms with E-state index in [0.29, 0.717) is 11.5 Å². The van der Waals surface area contributed by atoms with Gasteiger partial charge in [0.25, 0.3) is 0 Å². The van der Waals surface area contributed by atoms with Crippen LogP contribution in [-0.4, -0.2) is 15.9 Å². The summed E-state index contributed by atoms with van der Waals surface area (Å²) < 4.78 is 0. The van der Waals surface area contributed by atoms with Gasteiger partial charge in [0.2, 0.25) is 11.9 Å². The molecule has 2 N–H and O–H groups in total. The Morgan fingerprint density at radius 2 is 2.35 bits per heavy atom. The largest absolute Gasteiger partial charge is 0.324 e. The number of hydrogen-bond acceptors (Lipinski definition) is 3. The lowest BCUT2D eigenvalue weighted by Crippen LogP contribution is -2.14. The number of nitrogens with one attached hydrogen (secondary N) is 2. The van der Waals surface area contributed by atoms with Crippen molar-refractivity contribution in [1.82, 2.24) is 9.97 Å². The molecule has 1 aromatic carbocycles. The van der Waals surface area contributed by atoms with Crippen LogP contribution in [0.4, 0.5) is 5.95 Å². The summed E-state index contributed by atoms with van der Waals surface area (Å²) in [5, 5.41) is 11.5. The molecule has 0 spiro atoms. The van der Waals surface area contributed by atoms with Gasteiger partial charge >= 0.3 is 0 Å². The van der Waals surface area contributed by atoms with Crippen LogP contribution in [-0.2, 0) is 4.79 Å². The van der Waals surface area contributed by atoms with E-state index in [1.807, 2.05) is 0 Å². The van der Waals surface area contributed by atoms with Crippen LogP contribution in [0.2, 0.25) is 0 Å². The fourth-order valence-corrected chi connectivity index (χ4v) is 1.70. The normalized spacial score (nSPS) is 14.5. The first-order valence-corrected chi connectivity index (χ1v) is 5.47. The van der Waals surface area contributed by atoms with E-state index in [1.54, 1.807) is 18.2 Å². The fourth-order valence-electron chi connectivity index (χ4n) is 1.70. The molecule has 1 heterocycles. The monoisotopic (exact) mass is 226 g/mol. The zero-order valence-corrected chi connectivity index (χ0v) is 9.03. The number of benzene rings is 1. The lowest BCUT2D eigenvalue weighted by Gasteiger charge is -1.97. The second-order valence-corrected chi connectivity index (χ2v) is 4.19. The van der Waals surface area contributed by atoms with Crippen molar-refractivity contribution in [2.45, 2.75) is 12.8 Å². The Balaban J connectivity index is 1.90. The number of rotatable bonds is 2. The molecule has 1 aliphatic carbocycles. The third-order valence-corrected chi connectivity index (χ3v) is 2.80. The number of nitriles is 1. The average molecular weight is 226 g/mol. The number of imidazole rings is 1. The molecule has 5 heteroatoms. The number of hydrogen-bond donors (Lipinski definition) is 2. The summed E-state index contributed by atoms with van der Waals surface area (Å²) in [7, 11) is 0. The predicted molar refractivity (Wildman–Crippen MR) is 62.2 cm³/mol. The highest BCUT2D eigenvalue weighted by molar-refractivity contribution is 5.94. The number of aromatic nitrogens is 2. The van der Waals surface area contributed by atoms with E-state index in [4.69, 9.17) is 5.26 Å². The molecule has 1 amide bonds. The maximum Gasteiger partial charge on any atom is 0.229 e. The summed E-state index contributed by atoms with van der Waals surface area (Å²) in [6.07, 6.45) is 1.93. The van der Waals surface area contributed by atoms with Gasteiger partial charge in [-0.1, -0.05) is 0 Å². The first-order chi connectivity index (χ1) is 8.26. The Morgan fingerprint density at radius 1 is 1.53 bits per heavy atom. The van der Waals surface area contributed by atoms with Crippen molar-refractivity contribution in [2.24, 2.45) is 5.92 Å². The average Bonchev–Trinajstić information content (AvgIpc) is 3.10. The zero-order valence-electron chi connectivity index (χ0n) is 9.03. The smallest absolute Gasteiger partial charge is 0.229 e. The summed E-state index contributed by atoms with van der Waals surface area (Å²) in [5.41, 5.74) is 2.08. The van der Waals surface area contributed by atoms with Crippen molar-refractivity contribution in [2.75, 3.05) is 5.32 Å². The van der Waals surface area contributed by atoms with E-state index < -0.39 is 0 Å². The number of aromatic amines is 1. The third kappa shape index (κ3) is 1.85. The minimum absolute atomic E-state index is 0.0181. The van der Waals surface area contributed by atoms with Crippen molar-refractivity contribution >= 4 is 22.9 Å². The van der Waals surface area contributed by atoms with Crippen molar-refractivity contribution in [3.8, 4) is 6.07 Å². The van der Waals surface area contributed by atoms with Crippen LogP contribution in [0.3, 0.4) is 0 Å². The molecule has 0 radical (unpaired) electrons. The first-order valence-electron chi connectivity index (χ1n) is 5.47. The highest BCUT2D eigenvalue weighted by atomic mass is 16.2. The molecule has 1 fully saturated rings. The molecule has 2 aromatic rings. The van der Waals surface area contributed by atoms with Crippen LogP contribution in [0.15, 0.2) is 18.2 Å². The lowest BCUT2D eigenvalue weighted by molar-refractivity contribution is -0.117. The van der Waals surface area contributed by atoms with E-state index in [1.165, 1.54) is 0 Å². The molecule has 0 atom stereocenters. The first kappa shape index (κ1) is 9.85. The van der Waals surface area contributed by atoms with Gasteiger partial charge in [0.1, 0.15) is 0 Å². The number of fused-ring (bicyclic) bond motifs is 1.